The summed E-state index contributed by atoms with van der Waals surface area (Å²) in [7, 11) is 0. The zero-order chi connectivity index (χ0) is 18.4. The smallest absolute Gasteiger partial charge is 0.321 e. The lowest BCUT2D eigenvalue weighted by molar-refractivity contribution is -0.121. The first-order valence-corrected chi connectivity index (χ1v) is 8.13. The summed E-state index contributed by atoms with van der Waals surface area (Å²) in [6.07, 6.45) is 0. The molecule has 0 aliphatic carbocycles. The van der Waals surface area contributed by atoms with Crippen molar-refractivity contribution < 1.29 is 9.59 Å². The van der Waals surface area contributed by atoms with Crippen molar-refractivity contribution in [3.8, 4) is 11.4 Å². The molecule has 1 heterocycles. The van der Waals surface area contributed by atoms with Gasteiger partial charge in [0.1, 0.15) is 6.54 Å². The van der Waals surface area contributed by atoms with Crippen LogP contribution in [-0.4, -0.2) is 32.1 Å². The number of benzene rings is 2. The zero-order valence-corrected chi connectivity index (χ0v) is 14.3. The lowest BCUT2D eigenvalue weighted by Crippen LogP contribution is -2.40. The van der Waals surface area contributed by atoms with Gasteiger partial charge in [0.2, 0.25) is 5.82 Å². The molecule has 2 aromatic carbocycles. The maximum Gasteiger partial charge on any atom is 0.321 e. The van der Waals surface area contributed by atoms with Gasteiger partial charge in [-0.15, -0.1) is 10.2 Å². The van der Waals surface area contributed by atoms with Gasteiger partial charge in [-0.3, -0.25) is 10.1 Å². The van der Waals surface area contributed by atoms with Gasteiger partial charge in [-0.2, -0.15) is 4.80 Å². The summed E-state index contributed by atoms with van der Waals surface area (Å²) in [6, 6.07) is 15.8. The number of imide groups is 1. The fourth-order valence-corrected chi connectivity index (χ4v) is 2.36. The molecule has 3 rings (SSSR count). The molecule has 0 unspecified atom stereocenters. The second-order valence-electron chi connectivity index (χ2n) is 5.37. The number of rotatable bonds is 5. The summed E-state index contributed by atoms with van der Waals surface area (Å²) in [6.45, 7) is 0.0900. The van der Waals surface area contributed by atoms with Crippen molar-refractivity contribution in [1.29, 1.82) is 0 Å². The van der Waals surface area contributed by atoms with Crippen LogP contribution in [0.2, 0.25) is 5.02 Å². The molecule has 3 aromatic rings. The van der Waals surface area contributed by atoms with E-state index in [1.165, 1.54) is 0 Å². The van der Waals surface area contributed by atoms with Crippen molar-refractivity contribution >= 4 is 23.5 Å². The Morgan fingerprint density at radius 3 is 2.65 bits per heavy atom. The second-order valence-corrected chi connectivity index (χ2v) is 5.81. The van der Waals surface area contributed by atoms with Crippen molar-refractivity contribution in [2.45, 2.75) is 13.1 Å². The first-order chi connectivity index (χ1) is 12.6. The Hall–Kier alpha value is -3.26. The molecule has 0 saturated carbocycles. The van der Waals surface area contributed by atoms with Crippen LogP contribution in [0.4, 0.5) is 4.79 Å². The minimum absolute atomic E-state index is 0.230. The van der Waals surface area contributed by atoms with Crippen LogP contribution in [0.3, 0.4) is 0 Å². The van der Waals surface area contributed by atoms with Crippen LogP contribution >= 0.6 is 11.6 Å². The zero-order valence-electron chi connectivity index (χ0n) is 13.6. The number of nitrogens with one attached hydrogen (secondary N) is 2. The Morgan fingerprint density at radius 1 is 1.08 bits per heavy atom. The third kappa shape index (κ3) is 4.87. The average Bonchev–Trinajstić information content (AvgIpc) is 3.09. The van der Waals surface area contributed by atoms with E-state index >= 15 is 0 Å². The topological polar surface area (TPSA) is 102 Å². The normalized spacial score (nSPS) is 10.3. The lowest BCUT2D eigenvalue weighted by atomic mass is 10.2. The third-order valence-corrected chi connectivity index (χ3v) is 3.60. The van der Waals surface area contributed by atoms with Gasteiger partial charge < -0.3 is 5.32 Å². The van der Waals surface area contributed by atoms with Crippen molar-refractivity contribution in [1.82, 2.24) is 30.8 Å². The van der Waals surface area contributed by atoms with Gasteiger partial charge in [0, 0.05) is 17.1 Å². The van der Waals surface area contributed by atoms with E-state index < -0.39 is 11.9 Å². The fourth-order valence-electron chi connectivity index (χ4n) is 2.17. The van der Waals surface area contributed by atoms with Gasteiger partial charge in [0.05, 0.1) is 0 Å². The molecule has 0 aliphatic heterocycles. The molecule has 1 aromatic heterocycles. The monoisotopic (exact) mass is 370 g/mol. The van der Waals surface area contributed by atoms with E-state index in [1.807, 2.05) is 30.3 Å². The van der Waals surface area contributed by atoms with Crippen LogP contribution in [0.15, 0.2) is 54.6 Å². The third-order valence-electron chi connectivity index (χ3n) is 3.37. The van der Waals surface area contributed by atoms with Gasteiger partial charge in [0.25, 0.3) is 5.91 Å². The van der Waals surface area contributed by atoms with Gasteiger partial charge in [-0.1, -0.05) is 54.1 Å². The molecule has 0 bridgehead atoms. The molecule has 0 saturated heterocycles. The Labute approximate surface area is 154 Å². The van der Waals surface area contributed by atoms with Crippen molar-refractivity contribution in [2.75, 3.05) is 0 Å². The van der Waals surface area contributed by atoms with E-state index in [2.05, 4.69) is 26.0 Å². The predicted molar refractivity (Wildman–Crippen MR) is 95.1 cm³/mol. The minimum atomic E-state index is -0.589. The number of carbonyl (C=O) groups excluding carboxylic acids is 2. The number of nitrogens with zero attached hydrogens (tertiary/aromatic N) is 4. The molecule has 132 valence electrons. The molecule has 0 spiro atoms. The number of halogens is 1. The Bertz CT molecular complexity index is 912. The van der Waals surface area contributed by atoms with E-state index in [0.717, 1.165) is 10.4 Å². The van der Waals surface area contributed by atoms with E-state index in [9.17, 15) is 9.59 Å². The van der Waals surface area contributed by atoms with Crippen LogP contribution < -0.4 is 10.6 Å². The highest BCUT2D eigenvalue weighted by atomic mass is 35.5. The first-order valence-electron chi connectivity index (χ1n) is 7.75. The number of hydrogen-bond acceptors (Lipinski definition) is 5. The molecular weight excluding hydrogens is 356 g/mol. The predicted octanol–water partition coefficient (Wildman–Crippen LogP) is 2.02. The van der Waals surface area contributed by atoms with Crippen molar-refractivity contribution in [2.24, 2.45) is 0 Å². The van der Waals surface area contributed by atoms with Crippen molar-refractivity contribution in [3.63, 3.8) is 0 Å². The molecule has 8 nitrogen and oxygen atoms in total. The van der Waals surface area contributed by atoms with Gasteiger partial charge >= 0.3 is 6.03 Å². The Kier molecular flexibility index (Phi) is 5.55. The first kappa shape index (κ1) is 17.6. The molecule has 0 atom stereocenters. The molecule has 0 fully saturated rings. The summed E-state index contributed by atoms with van der Waals surface area (Å²) >= 11 is 5.93. The summed E-state index contributed by atoms with van der Waals surface area (Å²) < 4.78 is 0. The highest BCUT2D eigenvalue weighted by Gasteiger charge is 2.12. The molecule has 0 aliphatic rings. The number of tetrazole rings is 1. The highest BCUT2D eigenvalue weighted by molar-refractivity contribution is 6.30. The highest BCUT2D eigenvalue weighted by Crippen LogP contribution is 2.18. The van der Waals surface area contributed by atoms with Gasteiger partial charge in [0.15, 0.2) is 0 Å². The number of carbonyl (C=O) groups is 2. The van der Waals surface area contributed by atoms with E-state index in [4.69, 9.17) is 11.6 Å². The van der Waals surface area contributed by atoms with E-state index in [1.54, 1.807) is 24.3 Å². The summed E-state index contributed by atoms with van der Waals surface area (Å²) in [4.78, 5) is 24.8. The molecular formula is C17H15ClN6O2. The van der Waals surface area contributed by atoms with Crippen LogP contribution in [0.5, 0.6) is 0 Å². The number of hydrogen-bond donors (Lipinski definition) is 2. The summed E-state index contributed by atoms with van der Waals surface area (Å²) in [5.41, 5.74) is 1.61. The molecule has 2 N–H and O–H groups in total. The van der Waals surface area contributed by atoms with Gasteiger partial charge in [-0.25, -0.2) is 4.79 Å². The van der Waals surface area contributed by atoms with E-state index in [0.29, 0.717) is 23.0 Å². The van der Waals surface area contributed by atoms with Crippen molar-refractivity contribution in [3.05, 3.63) is 65.2 Å². The maximum absolute atomic E-state index is 11.9. The average molecular weight is 371 g/mol. The lowest BCUT2D eigenvalue weighted by Gasteiger charge is -2.06. The number of urea groups is 1. The number of aromatic nitrogens is 4. The largest absolute Gasteiger partial charge is 0.334 e. The summed E-state index contributed by atoms with van der Waals surface area (Å²) in [5.74, 6) is -0.209. The Morgan fingerprint density at radius 2 is 1.88 bits per heavy atom. The quantitative estimate of drug-likeness (QED) is 0.715. The van der Waals surface area contributed by atoms with Crippen LogP contribution in [0.1, 0.15) is 5.56 Å². The molecule has 0 radical (unpaired) electrons. The SMILES string of the molecule is O=C(Cn1nnc(-c2cccc(Cl)c2)n1)NC(=O)NCc1ccccc1. The van der Waals surface area contributed by atoms with Gasteiger partial charge in [-0.05, 0) is 22.9 Å². The molecule has 3 amide bonds. The standard InChI is InChI=1S/C17H15ClN6O2/c18-14-8-4-7-13(9-14)16-21-23-24(22-16)11-15(25)20-17(26)19-10-12-5-2-1-3-6-12/h1-9H,10-11H2,(H2,19,20,25,26). The second kappa shape index (κ2) is 8.21. The molecule has 9 heteroatoms. The molecule has 26 heavy (non-hydrogen) atoms. The minimum Gasteiger partial charge on any atom is -0.334 e. The summed E-state index contributed by atoms with van der Waals surface area (Å²) in [5, 5.41) is 17.2. The Balaban J connectivity index is 1.51. The fraction of sp³-hybridized carbons (Fsp3) is 0.118. The van der Waals surface area contributed by atoms with Crippen LogP contribution in [0, 0.1) is 0 Å². The number of amides is 3. The van der Waals surface area contributed by atoms with Crippen LogP contribution in [0.25, 0.3) is 11.4 Å². The van der Waals surface area contributed by atoms with E-state index in [-0.39, 0.29) is 6.54 Å². The maximum atomic E-state index is 11.9. The van der Waals surface area contributed by atoms with Crippen LogP contribution in [-0.2, 0) is 17.9 Å².